The zero-order valence-electron chi connectivity index (χ0n) is 14.4. The molecule has 0 bridgehead atoms. The molecule has 0 aromatic heterocycles. The van der Waals surface area contributed by atoms with E-state index < -0.39 is 0 Å². The Bertz CT molecular complexity index is 379. The van der Waals surface area contributed by atoms with Crippen LogP contribution in [0.1, 0.15) is 32.1 Å². The number of rotatable bonds is 5. The first-order valence-corrected chi connectivity index (χ1v) is 9.18. The molecule has 0 radical (unpaired) electrons. The number of carbonyl (C=O) groups is 1. The molecule has 3 rings (SSSR count). The molecule has 0 spiro atoms. The van der Waals surface area contributed by atoms with Crippen molar-refractivity contribution in [3.05, 3.63) is 0 Å². The van der Waals surface area contributed by atoms with Gasteiger partial charge in [0.05, 0.1) is 12.6 Å². The van der Waals surface area contributed by atoms with Gasteiger partial charge in [-0.1, -0.05) is 0 Å². The lowest BCUT2D eigenvalue weighted by Gasteiger charge is -2.37. The molecule has 6 nitrogen and oxygen atoms in total. The van der Waals surface area contributed by atoms with Gasteiger partial charge in [0.1, 0.15) is 0 Å². The highest BCUT2D eigenvalue weighted by Gasteiger charge is 2.32. The predicted octanol–water partition coefficient (Wildman–Crippen LogP) is 0.768. The number of likely N-dealkylation sites (tertiary alicyclic amines) is 1. The van der Waals surface area contributed by atoms with E-state index in [0.717, 1.165) is 78.2 Å². The van der Waals surface area contributed by atoms with Crippen LogP contribution in [0.15, 0.2) is 0 Å². The van der Waals surface area contributed by atoms with Crippen molar-refractivity contribution in [2.24, 2.45) is 0 Å². The number of amides is 1. The second-order valence-electron chi connectivity index (χ2n) is 6.97. The number of piperazine rings is 1. The van der Waals surface area contributed by atoms with E-state index in [1.807, 2.05) is 4.90 Å². The van der Waals surface area contributed by atoms with E-state index in [0.29, 0.717) is 5.91 Å². The number of hydrogen-bond donors (Lipinski definition) is 0. The molecule has 0 aromatic rings. The SMILES string of the molecule is CN1CCC[C@H]1C(=O)N1CCN(CCO[C@H]2CCCCO2)CC1. The van der Waals surface area contributed by atoms with Crippen molar-refractivity contribution in [3.8, 4) is 0 Å². The molecule has 1 amide bonds. The summed E-state index contributed by atoms with van der Waals surface area (Å²) in [5.74, 6) is 0.330. The van der Waals surface area contributed by atoms with Crippen LogP contribution in [0.2, 0.25) is 0 Å². The standard InChI is InChI=1S/C17H31N3O3/c1-18-7-4-5-15(18)17(21)20-10-8-19(9-11-20)12-14-23-16-6-2-3-13-22-16/h15-16H,2-14H2,1H3/t15-,16-/m0/s1. The van der Waals surface area contributed by atoms with E-state index in [9.17, 15) is 4.79 Å². The summed E-state index contributed by atoms with van der Waals surface area (Å²) in [7, 11) is 2.07. The fourth-order valence-corrected chi connectivity index (χ4v) is 3.78. The Morgan fingerprint density at radius 1 is 1.09 bits per heavy atom. The van der Waals surface area contributed by atoms with Gasteiger partial charge in [0.2, 0.25) is 5.91 Å². The second-order valence-corrected chi connectivity index (χ2v) is 6.97. The van der Waals surface area contributed by atoms with Crippen LogP contribution < -0.4 is 0 Å². The van der Waals surface area contributed by atoms with E-state index >= 15 is 0 Å². The molecule has 0 aromatic carbocycles. The summed E-state index contributed by atoms with van der Waals surface area (Å²) in [6, 6.07) is 0.119. The van der Waals surface area contributed by atoms with Crippen LogP contribution in [0.3, 0.4) is 0 Å². The first-order chi connectivity index (χ1) is 11.2. The van der Waals surface area contributed by atoms with Crippen LogP contribution in [0.4, 0.5) is 0 Å². The molecule has 3 heterocycles. The maximum absolute atomic E-state index is 12.6. The zero-order valence-corrected chi connectivity index (χ0v) is 14.4. The third-order valence-corrected chi connectivity index (χ3v) is 5.34. The summed E-state index contributed by atoms with van der Waals surface area (Å²) >= 11 is 0. The Balaban J connectivity index is 1.32. The Morgan fingerprint density at radius 2 is 1.91 bits per heavy atom. The summed E-state index contributed by atoms with van der Waals surface area (Å²) < 4.78 is 11.4. The third kappa shape index (κ3) is 4.66. The van der Waals surface area contributed by atoms with Crippen molar-refractivity contribution in [1.82, 2.24) is 14.7 Å². The van der Waals surface area contributed by atoms with Crippen molar-refractivity contribution in [2.75, 3.05) is 59.5 Å². The van der Waals surface area contributed by atoms with E-state index in [4.69, 9.17) is 9.47 Å². The average Bonchev–Trinajstić information content (AvgIpc) is 3.02. The Kier molecular flexibility index (Phi) is 6.28. The lowest BCUT2D eigenvalue weighted by atomic mass is 10.1. The van der Waals surface area contributed by atoms with E-state index in [2.05, 4.69) is 16.8 Å². The van der Waals surface area contributed by atoms with Gasteiger partial charge in [-0.05, 0) is 45.7 Å². The molecule has 3 fully saturated rings. The fourth-order valence-electron chi connectivity index (χ4n) is 3.78. The molecule has 23 heavy (non-hydrogen) atoms. The van der Waals surface area contributed by atoms with Crippen LogP contribution in [0.25, 0.3) is 0 Å². The van der Waals surface area contributed by atoms with Gasteiger partial charge in [-0.2, -0.15) is 0 Å². The van der Waals surface area contributed by atoms with Gasteiger partial charge in [-0.25, -0.2) is 0 Å². The van der Waals surface area contributed by atoms with Gasteiger partial charge in [0, 0.05) is 39.3 Å². The molecule has 6 heteroatoms. The first-order valence-electron chi connectivity index (χ1n) is 9.18. The molecule has 2 atom stereocenters. The smallest absolute Gasteiger partial charge is 0.240 e. The topological polar surface area (TPSA) is 45.3 Å². The molecule has 0 unspecified atom stereocenters. The average molecular weight is 325 g/mol. The van der Waals surface area contributed by atoms with Crippen molar-refractivity contribution in [2.45, 2.75) is 44.4 Å². The number of ether oxygens (including phenoxy) is 2. The molecule has 132 valence electrons. The summed E-state index contributed by atoms with van der Waals surface area (Å²) in [6.45, 7) is 7.16. The Labute approximate surface area is 139 Å². The minimum absolute atomic E-state index is 0.00419. The third-order valence-electron chi connectivity index (χ3n) is 5.34. The van der Waals surface area contributed by atoms with Crippen LogP contribution >= 0.6 is 0 Å². The van der Waals surface area contributed by atoms with Gasteiger partial charge in [0.15, 0.2) is 6.29 Å². The molecule has 0 N–H and O–H groups in total. The largest absolute Gasteiger partial charge is 0.353 e. The van der Waals surface area contributed by atoms with Crippen molar-refractivity contribution in [1.29, 1.82) is 0 Å². The fraction of sp³-hybridized carbons (Fsp3) is 0.941. The minimum Gasteiger partial charge on any atom is -0.353 e. The van der Waals surface area contributed by atoms with Gasteiger partial charge >= 0.3 is 0 Å². The lowest BCUT2D eigenvalue weighted by molar-refractivity contribution is -0.164. The van der Waals surface area contributed by atoms with Gasteiger partial charge in [-0.3, -0.25) is 14.6 Å². The Hall–Kier alpha value is -0.690. The lowest BCUT2D eigenvalue weighted by Crippen LogP contribution is -2.53. The molecular weight excluding hydrogens is 294 g/mol. The summed E-state index contributed by atoms with van der Waals surface area (Å²) in [5, 5.41) is 0. The quantitative estimate of drug-likeness (QED) is 0.747. The highest BCUT2D eigenvalue weighted by Crippen LogP contribution is 2.18. The van der Waals surface area contributed by atoms with Crippen LogP contribution in [0, 0.1) is 0 Å². The zero-order chi connectivity index (χ0) is 16.1. The normalized spacial score (nSPS) is 30.7. The van der Waals surface area contributed by atoms with Crippen molar-refractivity contribution >= 4 is 5.91 Å². The van der Waals surface area contributed by atoms with Crippen molar-refractivity contribution in [3.63, 3.8) is 0 Å². The van der Waals surface area contributed by atoms with Crippen molar-refractivity contribution < 1.29 is 14.3 Å². The maximum Gasteiger partial charge on any atom is 0.240 e. The monoisotopic (exact) mass is 325 g/mol. The number of nitrogens with zero attached hydrogens (tertiary/aromatic N) is 3. The number of likely N-dealkylation sites (N-methyl/N-ethyl adjacent to an activating group) is 1. The van der Waals surface area contributed by atoms with Crippen LogP contribution in [0.5, 0.6) is 0 Å². The molecule has 3 aliphatic heterocycles. The second kappa shape index (κ2) is 8.42. The maximum atomic E-state index is 12.6. The minimum atomic E-state index is 0.00419. The van der Waals surface area contributed by atoms with Gasteiger partial charge < -0.3 is 14.4 Å². The highest BCUT2D eigenvalue weighted by molar-refractivity contribution is 5.82. The van der Waals surface area contributed by atoms with Crippen LogP contribution in [-0.4, -0.2) is 92.5 Å². The van der Waals surface area contributed by atoms with Gasteiger partial charge in [0.25, 0.3) is 0 Å². The molecule has 3 aliphatic rings. The summed E-state index contributed by atoms with van der Waals surface area (Å²) in [6.07, 6.45) is 5.56. The molecule has 3 saturated heterocycles. The summed E-state index contributed by atoms with van der Waals surface area (Å²) in [5.41, 5.74) is 0. The molecule has 0 aliphatic carbocycles. The summed E-state index contributed by atoms with van der Waals surface area (Å²) in [4.78, 5) is 19.2. The first kappa shape index (κ1) is 17.1. The van der Waals surface area contributed by atoms with Crippen LogP contribution in [-0.2, 0) is 14.3 Å². The number of hydrogen-bond acceptors (Lipinski definition) is 5. The highest BCUT2D eigenvalue weighted by atomic mass is 16.7. The Morgan fingerprint density at radius 3 is 2.57 bits per heavy atom. The molecular formula is C17H31N3O3. The van der Waals surface area contributed by atoms with E-state index in [1.54, 1.807) is 0 Å². The predicted molar refractivity (Wildman–Crippen MR) is 88.2 cm³/mol. The number of carbonyl (C=O) groups excluding carboxylic acids is 1. The van der Waals surface area contributed by atoms with Gasteiger partial charge in [-0.15, -0.1) is 0 Å². The van der Waals surface area contributed by atoms with E-state index in [1.165, 1.54) is 6.42 Å². The molecule has 0 saturated carbocycles. The van der Waals surface area contributed by atoms with E-state index in [-0.39, 0.29) is 12.3 Å².